The Hall–Kier alpha value is -1.55. The van der Waals surface area contributed by atoms with Gasteiger partial charge in [-0.3, -0.25) is 4.79 Å². The maximum absolute atomic E-state index is 12.3. The summed E-state index contributed by atoms with van der Waals surface area (Å²) in [5.41, 5.74) is 1.00. The number of nitrogens with one attached hydrogen (secondary N) is 1. The van der Waals surface area contributed by atoms with E-state index < -0.39 is 0 Å². The molecule has 0 spiro atoms. The van der Waals surface area contributed by atoms with Crippen molar-refractivity contribution in [2.75, 3.05) is 13.1 Å². The van der Waals surface area contributed by atoms with E-state index in [0.717, 1.165) is 31.5 Å². The predicted molar refractivity (Wildman–Crippen MR) is 68.0 cm³/mol. The Balaban J connectivity index is 1.71. The number of aromatic hydroxyl groups is 1. The van der Waals surface area contributed by atoms with E-state index in [0.29, 0.717) is 12.6 Å². The van der Waals surface area contributed by atoms with Crippen LogP contribution < -0.4 is 5.32 Å². The van der Waals surface area contributed by atoms with Crippen LogP contribution in [0.1, 0.15) is 18.4 Å². The van der Waals surface area contributed by atoms with Gasteiger partial charge in [0.15, 0.2) is 0 Å². The third-order valence-electron chi connectivity index (χ3n) is 3.66. The third-order valence-corrected chi connectivity index (χ3v) is 3.66. The van der Waals surface area contributed by atoms with Gasteiger partial charge in [-0.15, -0.1) is 0 Å². The summed E-state index contributed by atoms with van der Waals surface area (Å²) >= 11 is 0. The largest absolute Gasteiger partial charge is 0.508 e. The van der Waals surface area contributed by atoms with Crippen LogP contribution in [0.3, 0.4) is 0 Å². The molecule has 96 valence electrons. The van der Waals surface area contributed by atoms with Gasteiger partial charge in [-0.2, -0.15) is 0 Å². The number of hydrogen-bond donors (Lipinski definition) is 2. The molecule has 1 heterocycles. The molecule has 1 aliphatic heterocycles. The summed E-state index contributed by atoms with van der Waals surface area (Å²) in [7, 11) is 0. The molecule has 1 amide bonds. The SMILES string of the molecule is O=C(C1CNC1)N(Cc1cccc(O)c1)C1CC1. The van der Waals surface area contributed by atoms with E-state index in [1.807, 2.05) is 17.0 Å². The fourth-order valence-electron chi connectivity index (χ4n) is 2.32. The minimum absolute atomic E-state index is 0.155. The zero-order chi connectivity index (χ0) is 12.5. The van der Waals surface area contributed by atoms with E-state index >= 15 is 0 Å². The van der Waals surface area contributed by atoms with E-state index in [-0.39, 0.29) is 17.6 Å². The monoisotopic (exact) mass is 246 g/mol. The minimum atomic E-state index is 0.155. The molecular formula is C14H18N2O2. The molecule has 1 aliphatic carbocycles. The van der Waals surface area contributed by atoms with E-state index in [4.69, 9.17) is 0 Å². The maximum Gasteiger partial charge on any atom is 0.228 e. The van der Waals surface area contributed by atoms with Gasteiger partial charge in [-0.25, -0.2) is 0 Å². The second kappa shape index (κ2) is 4.61. The summed E-state index contributed by atoms with van der Waals surface area (Å²) in [6, 6.07) is 7.59. The lowest BCUT2D eigenvalue weighted by molar-refractivity contribution is -0.138. The Morgan fingerprint density at radius 2 is 2.17 bits per heavy atom. The average molecular weight is 246 g/mol. The lowest BCUT2D eigenvalue weighted by Gasteiger charge is -2.32. The van der Waals surface area contributed by atoms with Crippen LogP contribution in [-0.4, -0.2) is 35.0 Å². The molecule has 0 unspecified atom stereocenters. The van der Waals surface area contributed by atoms with Crippen LogP contribution in [0.5, 0.6) is 5.75 Å². The topological polar surface area (TPSA) is 52.6 Å². The second-order valence-corrected chi connectivity index (χ2v) is 5.22. The Kier molecular flexibility index (Phi) is 2.96. The number of carbonyl (C=O) groups is 1. The van der Waals surface area contributed by atoms with Crippen molar-refractivity contribution in [3.8, 4) is 5.75 Å². The molecule has 2 aliphatic rings. The quantitative estimate of drug-likeness (QED) is 0.836. The molecule has 1 saturated heterocycles. The van der Waals surface area contributed by atoms with Crippen molar-refractivity contribution < 1.29 is 9.90 Å². The molecule has 4 nitrogen and oxygen atoms in total. The first-order chi connectivity index (χ1) is 8.74. The first kappa shape index (κ1) is 11.5. The molecule has 0 atom stereocenters. The van der Waals surface area contributed by atoms with Gasteiger partial charge in [0, 0.05) is 25.7 Å². The Labute approximate surface area is 107 Å². The number of amides is 1. The van der Waals surface area contributed by atoms with E-state index in [1.54, 1.807) is 12.1 Å². The normalized spacial score (nSPS) is 19.3. The van der Waals surface area contributed by atoms with Gasteiger partial charge in [0.2, 0.25) is 5.91 Å². The summed E-state index contributed by atoms with van der Waals surface area (Å²) in [5.74, 6) is 0.684. The van der Waals surface area contributed by atoms with Gasteiger partial charge in [0.1, 0.15) is 5.75 Å². The van der Waals surface area contributed by atoms with Crippen LogP contribution in [0, 0.1) is 5.92 Å². The molecule has 1 aromatic carbocycles. The fraction of sp³-hybridized carbons (Fsp3) is 0.500. The molecule has 3 rings (SSSR count). The number of phenolic OH excluding ortho intramolecular Hbond substituents is 1. The Morgan fingerprint density at radius 1 is 1.39 bits per heavy atom. The number of carbonyl (C=O) groups excluding carboxylic acids is 1. The van der Waals surface area contributed by atoms with Gasteiger partial charge >= 0.3 is 0 Å². The smallest absolute Gasteiger partial charge is 0.228 e. The first-order valence-electron chi connectivity index (χ1n) is 6.53. The molecule has 2 fully saturated rings. The van der Waals surface area contributed by atoms with Crippen LogP contribution in [0.25, 0.3) is 0 Å². The van der Waals surface area contributed by atoms with Gasteiger partial charge in [-0.1, -0.05) is 12.1 Å². The highest BCUT2D eigenvalue weighted by Gasteiger charge is 2.37. The van der Waals surface area contributed by atoms with Gasteiger partial charge in [0.25, 0.3) is 0 Å². The van der Waals surface area contributed by atoms with E-state index in [9.17, 15) is 9.90 Å². The predicted octanol–water partition coefficient (Wildman–Crippen LogP) is 1.10. The molecule has 0 radical (unpaired) electrons. The van der Waals surface area contributed by atoms with Crippen molar-refractivity contribution >= 4 is 5.91 Å². The molecule has 0 aromatic heterocycles. The van der Waals surface area contributed by atoms with Crippen LogP contribution in [0.2, 0.25) is 0 Å². The number of phenols is 1. The molecular weight excluding hydrogens is 228 g/mol. The van der Waals surface area contributed by atoms with Crippen molar-refractivity contribution in [1.29, 1.82) is 0 Å². The zero-order valence-corrected chi connectivity index (χ0v) is 10.3. The van der Waals surface area contributed by atoms with Crippen LogP contribution >= 0.6 is 0 Å². The molecule has 1 aromatic rings. The molecule has 0 bridgehead atoms. The Bertz CT molecular complexity index is 453. The first-order valence-corrected chi connectivity index (χ1v) is 6.53. The highest BCUT2D eigenvalue weighted by atomic mass is 16.3. The highest BCUT2D eigenvalue weighted by molar-refractivity contribution is 5.80. The van der Waals surface area contributed by atoms with Crippen molar-refractivity contribution in [1.82, 2.24) is 10.2 Å². The van der Waals surface area contributed by atoms with E-state index in [2.05, 4.69) is 5.32 Å². The lowest BCUT2D eigenvalue weighted by Crippen LogP contribution is -2.52. The summed E-state index contributed by atoms with van der Waals surface area (Å²) in [6.45, 7) is 2.23. The maximum atomic E-state index is 12.3. The average Bonchev–Trinajstić information content (AvgIpc) is 3.07. The summed E-state index contributed by atoms with van der Waals surface area (Å²) in [4.78, 5) is 14.3. The standard InChI is InChI=1S/C14H18N2O2/c17-13-3-1-2-10(6-13)9-16(12-4-5-12)14(18)11-7-15-8-11/h1-3,6,11-12,15,17H,4-5,7-9H2. The fourth-order valence-corrected chi connectivity index (χ4v) is 2.32. The number of benzene rings is 1. The van der Waals surface area contributed by atoms with Gasteiger partial charge < -0.3 is 15.3 Å². The molecule has 2 N–H and O–H groups in total. The minimum Gasteiger partial charge on any atom is -0.508 e. The second-order valence-electron chi connectivity index (χ2n) is 5.22. The number of nitrogens with zero attached hydrogens (tertiary/aromatic N) is 1. The summed E-state index contributed by atoms with van der Waals surface area (Å²) < 4.78 is 0. The number of hydrogen-bond acceptors (Lipinski definition) is 3. The molecule has 4 heteroatoms. The van der Waals surface area contributed by atoms with Crippen molar-refractivity contribution in [3.63, 3.8) is 0 Å². The van der Waals surface area contributed by atoms with Crippen molar-refractivity contribution in [2.45, 2.75) is 25.4 Å². The summed E-state index contributed by atoms with van der Waals surface area (Å²) in [5, 5.41) is 12.6. The highest BCUT2D eigenvalue weighted by Crippen LogP contribution is 2.30. The van der Waals surface area contributed by atoms with Crippen LogP contribution in [0.4, 0.5) is 0 Å². The lowest BCUT2D eigenvalue weighted by atomic mass is 10.0. The third kappa shape index (κ3) is 2.34. The van der Waals surface area contributed by atoms with E-state index in [1.165, 1.54) is 0 Å². The van der Waals surface area contributed by atoms with Crippen LogP contribution in [-0.2, 0) is 11.3 Å². The Morgan fingerprint density at radius 3 is 2.72 bits per heavy atom. The van der Waals surface area contributed by atoms with Gasteiger partial charge in [0.05, 0.1) is 5.92 Å². The zero-order valence-electron chi connectivity index (χ0n) is 10.3. The number of rotatable bonds is 4. The van der Waals surface area contributed by atoms with Crippen molar-refractivity contribution in [3.05, 3.63) is 29.8 Å². The molecule has 18 heavy (non-hydrogen) atoms. The summed E-state index contributed by atoms with van der Waals surface area (Å²) in [6.07, 6.45) is 2.23. The molecule has 1 saturated carbocycles. The van der Waals surface area contributed by atoms with Crippen molar-refractivity contribution in [2.24, 2.45) is 5.92 Å². The van der Waals surface area contributed by atoms with Crippen LogP contribution in [0.15, 0.2) is 24.3 Å². The van der Waals surface area contributed by atoms with Gasteiger partial charge in [-0.05, 0) is 30.5 Å².